The van der Waals surface area contributed by atoms with E-state index in [1.54, 1.807) is 19.0 Å². The molecule has 0 bridgehead atoms. The topological polar surface area (TPSA) is 28.2 Å². The number of hydrogen-bond donors (Lipinski definition) is 1. The summed E-state index contributed by atoms with van der Waals surface area (Å²) in [5.41, 5.74) is 0. The van der Waals surface area contributed by atoms with Crippen LogP contribution in [0.5, 0.6) is 0 Å². The van der Waals surface area contributed by atoms with Crippen LogP contribution >= 0.6 is 0 Å². The molecule has 0 spiro atoms. The molecule has 0 aliphatic carbocycles. The minimum Gasteiger partial charge on any atom is -0.371 e. The molecule has 1 unspecified atom stereocenters. The van der Waals surface area contributed by atoms with E-state index in [0.717, 1.165) is 18.9 Å². The molecule has 1 rings (SSSR count). The lowest BCUT2D eigenvalue weighted by atomic mass is 10.2. The number of anilines is 2. The van der Waals surface area contributed by atoms with E-state index < -0.39 is 11.6 Å². The quantitative estimate of drug-likeness (QED) is 0.861. The highest BCUT2D eigenvalue weighted by Gasteiger charge is 2.17. The first-order chi connectivity index (χ1) is 8.01. The van der Waals surface area contributed by atoms with E-state index in [1.165, 1.54) is 0 Å². The summed E-state index contributed by atoms with van der Waals surface area (Å²) in [6.07, 6.45) is 1.94. The van der Waals surface area contributed by atoms with E-state index in [2.05, 4.69) is 17.2 Å². The molecule has 0 radical (unpaired) electrons. The molecule has 0 amide bonds. The lowest BCUT2D eigenvalue weighted by Crippen LogP contribution is -2.30. The minimum absolute atomic E-state index is 0.0666. The molecule has 5 heteroatoms. The number of hydrogen-bond acceptors (Lipinski definition) is 3. The van der Waals surface area contributed by atoms with Crippen molar-refractivity contribution in [2.24, 2.45) is 0 Å². The smallest absolute Gasteiger partial charge is 0.168 e. The van der Waals surface area contributed by atoms with Crippen molar-refractivity contribution in [3.63, 3.8) is 0 Å². The summed E-state index contributed by atoms with van der Waals surface area (Å²) in [7, 11) is 3.33. The van der Waals surface area contributed by atoms with Gasteiger partial charge in [-0.25, -0.2) is 13.8 Å². The third-order valence-corrected chi connectivity index (χ3v) is 2.85. The number of nitrogens with zero attached hydrogens (tertiary/aromatic N) is 2. The molecule has 0 aliphatic heterocycles. The van der Waals surface area contributed by atoms with Gasteiger partial charge in [0.15, 0.2) is 23.3 Å². The van der Waals surface area contributed by atoms with Gasteiger partial charge in [0, 0.05) is 26.2 Å². The Balaban J connectivity index is 3.04. The third-order valence-electron chi connectivity index (χ3n) is 2.85. The fourth-order valence-corrected chi connectivity index (χ4v) is 1.70. The second-order valence-corrected chi connectivity index (χ2v) is 4.12. The molecule has 0 saturated carbocycles. The van der Waals surface area contributed by atoms with Crippen molar-refractivity contribution in [1.82, 2.24) is 4.98 Å². The Hall–Kier alpha value is -1.39. The van der Waals surface area contributed by atoms with Gasteiger partial charge in [-0.05, 0) is 13.3 Å². The molecule has 1 aromatic heterocycles. The van der Waals surface area contributed by atoms with E-state index >= 15 is 0 Å². The fraction of sp³-hybridized carbons (Fsp3) is 0.583. The van der Waals surface area contributed by atoms with Crippen molar-refractivity contribution in [2.45, 2.75) is 32.7 Å². The Morgan fingerprint density at radius 3 is 2.59 bits per heavy atom. The normalized spacial score (nSPS) is 12.4. The van der Waals surface area contributed by atoms with Crippen LogP contribution in [0.4, 0.5) is 20.4 Å². The highest BCUT2D eigenvalue weighted by atomic mass is 19.1. The van der Waals surface area contributed by atoms with Crippen LogP contribution in [-0.2, 0) is 0 Å². The zero-order chi connectivity index (χ0) is 13.0. The van der Waals surface area contributed by atoms with Gasteiger partial charge < -0.3 is 10.2 Å². The number of halogens is 2. The third kappa shape index (κ3) is 3.05. The standard InChI is InChI=1S/C12H19F2N3/c1-5-6-8(2)17(4)12-10(14)7-9(13)11(15-3)16-12/h7-8H,5-6H2,1-4H3,(H,15,16). The van der Waals surface area contributed by atoms with Crippen LogP contribution in [0.15, 0.2) is 6.07 Å². The van der Waals surface area contributed by atoms with E-state index in [-0.39, 0.29) is 17.7 Å². The largest absolute Gasteiger partial charge is 0.371 e. The number of rotatable bonds is 5. The monoisotopic (exact) mass is 243 g/mol. The summed E-state index contributed by atoms with van der Waals surface area (Å²) >= 11 is 0. The van der Waals surface area contributed by atoms with Gasteiger partial charge in [-0.1, -0.05) is 13.3 Å². The summed E-state index contributed by atoms with van der Waals surface area (Å²) < 4.78 is 26.9. The fourth-order valence-electron chi connectivity index (χ4n) is 1.70. The highest BCUT2D eigenvalue weighted by molar-refractivity contribution is 5.49. The number of nitrogens with one attached hydrogen (secondary N) is 1. The zero-order valence-corrected chi connectivity index (χ0v) is 10.7. The number of aromatic nitrogens is 1. The van der Waals surface area contributed by atoms with Gasteiger partial charge in [-0.15, -0.1) is 0 Å². The summed E-state index contributed by atoms with van der Waals surface area (Å²) in [5, 5.41) is 2.61. The zero-order valence-electron chi connectivity index (χ0n) is 10.7. The Bertz CT molecular complexity index is 382. The van der Waals surface area contributed by atoms with E-state index in [1.807, 2.05) is 6.92 Å². The van der Waals surface area contributed by atoms with Crippen LogP contribution in [0.25, 0.3) is 0 Å². The van der Waals surface area contributed by atoms with Crippen LogP contribution in [0.3, 0.4) is 0 Å². The molecule has 1 N–H and O–H groups in total. The molecule has 1 atom stereocenters. The SMILES string of the molecule is CCCC(C)N(C)c1nc(NC)c(F)cc1F. The van der Waals surface area contributed by atoms with Crippen LogP contribution in [0.2, 0.25) is 0 Å². The van der Waals surface area contributed by atoms with E-state index in [4.69, 9.17) is 0 Å². The maximum atomic E-state index is 13.6. The summed E-state index contributed by atoms with van der Waals surface area (Å²) in [6.45, 7) is 4.06. The van der Waals surface area contributed by atoms with Gasteiger partial charge in [0.2, 0.25) is 0 Å². The van der Waals surface area contributed by atoms with Gasteiger partial charge in [-0.3, -0.25) is 0 Å². The predicted octanol–water partition coefficient (Wildman–Crippen LogP) is 3.03. The van der Waals surface area contributed by atoms with Crippen molar-refractivity contribution < 1.29 is 8.78 Å². The molecule has 96 valence electrons. The minimum atomic E-state index is -0.676. The van der Waals surface area contributed by atoms with Gasteiger partial charge in [0.05, 0.1) is 0 Å². The van der Waals surface area contributed by atoms with Gasteiger partial charge in [0.25, 0.3) is 0 Å². The van der Waals surface area contributed by atoms with Crippen LogP contribution in [-0.4, -0.2) is 25.1 Å². The molecule has 0 saturated heterocycles. The van der Waals surface area contributed by atoms with Gasteiger partial charge in [-0.2, -0.15) is 0 Å². The molecular weight excluding hydrogens is 224 g/mol. The Labute approximate surface area is 101 Å². The van der Waals surface area contributed by atoms with Crippen LogP contribution in [0, 0.1) is 11.6 Å². The van der Waals surface area contributed by atoms with Crippen molar-refractivity contribution in [2.75, 3.05) is 24.3 Å². The predicted molar refractivity (Wildman–Crippen MR) is 66.5 cm³/mol. The van der Waals surface area contributed by atoms with E-state index in [0.29, 0.717) is 0 Å². The molecule has 0 aromatic carbocycles. The Morgan fingerprint density at radius 1 is 1.41 bits per heavy atom. The lowest BCUT2D eigenvalue weighted by Gasteiger charge is -2.26. The second-order valence-electron chi connectivity index (χ2n) is 4.12. The average molecular weight is 243 g/mol. The van der Waals surface area contributed by atoms with E-state index in [9.17, 15) is 8.78 Å². The molecule has 0 fully saturated rings. The van der Waals surface area contributed by atoms with Crippen molar-refractivity contribution in [3.05, 3.63) is 17.7 Å². The first kappa shape index (κ1) is 13.7. The summed E-state index contributed by atoms with van der Waals surface area (Å²) in [5.74, 6) is -1.06. The molecule has 0 aliphatic rings. The first-order valence-corrected chi connectivity index (χ1v) is 5.77. The molecule has 17 heavy (non-hydrogen) atoms. The molecule has 1 aromatic rings. The lowest BCUT2D eigenvalue weighted by molar-refractivity contribution is 0.553. The summed E-state index contributed by atoms with van der Waals surface area (Å²) in [4.78, 5) is 5.69. The number of pyridine rings is 1. The maximum absolute atomic E-state index is 13.6. The summed E-state index contributed by atoms with van der Waals surface area (Å²) in [6, 6.07) is 1.03. The van der Waals surface area contributed by atoms with Crippen molar-refractivity contribution >= 4 is 11.6 Å². The average Bonchev–Trinajstić information content (AvgIpc) is 2.29. The van der Waals surface area contributed by atoms with Crippen LogP contribution in [0.1, 0.15) is 26.7 Å². The highest BCUT2D eigenvalue weighted by Crippen LogP contribution is 2.23. The van der Waals surface area contributed by atoms with Crippen molar-refractivity contribution in [1.29, 1.82) is 0 Å². The molecule has 1 heterocycles. The Morgan fingerprint density at radius 2 is 2.06 bits per heavy atom. The van der Waals surface area contributed by atoms with Gasteiger partial charge >= 0.3 is 0 Å². The van der Waals surface area contributed by atoms with Crippen LogP contribution < -0.4 is 10.2 Å². The Kier molecular flexibility index (Phi) is 4.66. The maximum Gasteiger partial charge on any atom is 0.168 e. The molecular formula is C12H19F2N3. The van der Waals surface area contributed by atoms with Gasteiger partial charge in [0.1, 0.15) is 0 Å². The molecule has 3 nitrogen and oxygen atoms in total. The second kappa shape index (κ2) is 5.80. The van der Waals surface area contributed by atoms with Crippen molar-refractivity contribution in [3.8, 4) is 0 Å². The first-order valence-electron chi connectivity index (χ1n) is 5.77.